The summed E-state index contributed by atoms with van der Waals surface area (Å²) in [7, 11) is 1.64. The minimum atomic E-state index is 0.271. The van der Waals surface area contributed by atoms with Crippen molar-refractivity contribution in [2.75, 3.05) is 20.2 Å². The van der Waals surface area contributed by atoms with Gasteiger partial charge in [-0.3, -0.25) is 9.88 Å². The maximum absolute atomic E-state index is 5.95. The van der Waals surface area contributed by atoms with E-state index in [2.05, 4.69) is 26.1 Å². The summed E-state index contributed by atoms with van der Waals surface area (Å²) in [6, 6.07) is 11.8. The minimum absolute atomic E-state index is 0.271. The molecule has 25 heavy (non-hydrogen) atoms. The van der Waals surface area contributed by atoms with Crippen LogP contribution in [0.2, 0.25) is 0 Å². The van der Waals surface area contributed by atoms with Crippen molar-refractivity contribution in [2.24, 2.45) is 0 Å². The molecule has 1 saturated heterocycles. The lowest BCUT2D eigenvalue weighted by atomic mass is 10.1. The van der Waals surface area contributed by atoms with Crippen molar-refractivity contribution in [3.8, 4) is 17.2 Å². The van der Waals surface area contributed by atoms with Gasteiger partial charge in [-0.25, -0.2) is 0 Å². The van der Waals surface area contributed by atoms with E-state index in [1.807, 2.05) is 36.5 Å². The first-order chi connectivity index (χ1) is 12.3. The predicted octanol–water partition coefficient (Wildman–Crippen LogP) is 3.13. The molecule has 3 heterocycles. The van der Waals surface area contributed by atoms with Gasteiger partial charge in [-0.2, -0.15) is 0 Å². The van der Waals surface area contributed by atoms with Crippen LogP contribution in [-0.4, -0.2) is 40.3 Å². The number of methoxy groups -OCH3 is 1. The number of benzene rings is 1. The van der Waals surface area contributed by atoms with Crippen LogP contribution in [0.5, 0.6) is 5.75 Å². The number of para-hydroxylation sites is 1. The summed E-state index contributed by atoms with van der Waals surface area (Å²) in [4.78, 5) is 6.58. The summed E-state index contributed by atoms with van der Waals surface area (Å²) >= 11 is 0. The van der Waals surface area contributed by atoms with E-state index in [4.69, 9.17) is 9.15 Å². The Hall–Kier alpha value is -2.73. The third-order valence-electron chi connectivity index (χ3n) is 4.53. The van der Waals surface area contributed by atoms with Gasteiger partial charge in [0.25, 0.3) is 5.89 Å². The van der Waals surface area contributed by atoms with E-state index in [0.29, 0.717) is 11.8 Å². The molecule has 0 aliphatic carbocycles. The van der Waals surface area contributed by atoms with E-state index < -0.39 is 0 Å². The van der Waals surface area contributed by atoms with E-state index in [0.717, 1.165) is 37.4 Å². The van der Waals surface area contributed by atoms with Crippen molar-refractivity contribution in [1.82, 2.24) is 20.1 Å². The molecule has 1 unspecified atom stereocenters. The standard InChI is InChI=1S/C19H20N4O2/c1-24-17-7-3-2-6-16(17)19-22-21-18(25-19)15-8-10-23(13-15)12-14-5-4-9-20-11-14/h2-7,9,11,15H,8,10,12-13H2,1H3. The molecule has 2 aromatic heterocycles. The van der Waals surface area contributed by atoms with Crippen LogP contribution in [0.15, 0.2) is 53.2 Å². The second kappa shape index (κ2) is 7.03. The maximum Gasteiger partial charge on any atom is 0.251 e. The van der Waals surface area contributed by atoms with Gasteiger partial charge in [-0.15, -0.1) is 10.2 Å². The van der Waals surface area contributed by atoms with Crippen LogP contribution in [-0.2, 0) is 6.54 Å². The molecule has 0 spiro atoms. The van der Waals surface area contributed by atoms with Crippen molar-refractivity contribution in [2.45, 2.75) is 18.9 Å². The zero-order chi connectivity index (χ0) is 17.1. The zero-order valence-electron chi connectivity index (χ0n) is 14.1. The number of hydrogen-bond acceptors (Lipinski definition) is 6. The fourth-order valence-electron chi connectivity index (χ4n) is 3.26. The van der Waals surface area contributed by atoms with Crippen molar-refractivity contribution in [1.29, 1.82) is 0 Å². The van der Waals surface area contributed by atoms with Gasteiger partial charge in [0.15, 0.2) is 0 Å². The maximum atomic E-state index is 5.95. The van der Waals surface area contributed by atoms with Crippen molar-refractivity contribution >= 4 is 0 Å². The molecule has 1 aliphatic heterocycles. The van der Waals surface area contributed by atoms with Crippen LogP contribution in [0.1, 0.15) is 23.8 Å². The summed E-state index contributed by atoms with van der Waals surface area (Å²) in [5.74, 6) is 2.22. The zero-order valence-corrected chi connectivity index (χ0v) is 14.1. The molecular formula is C19H20N4O2. The summed E-state index contributed by atoms with van der Waals surface area (Å²) in [5.41, 5.74) is 2.05. The highest BCUT2D eigenvalue weighted by Crippen LogP contribution is 2.32. The third-order valence-corrected chi connectivity index (χ3v) is 4.53. The second-order valence-corrected chi connectivity index (χ2v) is 6.23. The molecule has 0 amide bonds. The number of likely N-dealkylation sites (tertiary alicyclic amines) is 1. The average molecular weight is 336 g/mol. The molecule has 128 valence electrons. The van der Waals surface area contributed by atoms with Crippen LogP contribution in [0.4, 0.5) is 0 Å². The molecule has 0 radical (unpaired) electrons. The van der Waals surface area contributed by atoms with Crippen molar-refractivity contribution in [3.05, 3.63) is 60.2 Å². The first-order valence-electron chi connectivity index (χ1n) is 8.41. The second-order valence-electron chi connectivity index (χ2n) is 6.23. The van der Waals surface area contributed by atoms with Crippen LogP contribution >= 0.6 is 0 Å². The lowest BCUT2D eigenvalue weighted by molar-refractivity contribution is 0.320. The van der Waals surface area contributed by atoms with Gasteiger partial charge in [0.05, 0.1) is 18.6 Å². The molecule has 6 nitrogen and oxygen atoms in total. The Balaban J connectivity index is 1.46. The first-order valence-corrected chi connectivity index (χ1v) is 8.41. The predicted molar refractivity (Wildman–Crippen MR) is 93.2 cm³/mol. The van der Waals surface area contributed by atoms with E-state index >= 15 is 0 Å². The Morgan fingerprint density at radius 1 is 1.20 bits per heavy atom. The molecule has 0 saturated carbocycles. The highest BCUT2D eigenvalue weighted by atomic mass is 16.5. The number of hydrogen-bond donors (Lipinski definition) is 0. The van der Waals surface area contributed by atoms with E-state index in [1.54, 1.807) is 13.3 Å². The van der Waals surface area contributed by atoms with E-state index in [9.17, 15) is 0 Å². The number of pyridine rings is 1. The largest absolute Gasteiger partial charge is 0.496 e. The third kappa shape index (κ3) is 3.39. The Labute approximate surface area is 146 Å². The lowest BCUT2D eigenvalue weighted by Gasteiger charge is -2.14. The fraction of sp³-hybridized carbons (Fsp3) is 0.316. The Bertz CT molecular complexity index is 834. The van der Waals surface area contributed by atoms with Gasteiger partial charge in [-0.05, 0) is 36.7 Å². The fourth-order valence-corrected chi connectivity index (χ4v) is 3.26. The number of ether oxygens (including phenoxy) is 1. The van der Waals surface area contributed by atoms with Gasteiger partial charge in [0, 0.05) is 25.5 Å². The Morgan fingerprint density at radius 3 is 2.96 bits per heavy atom. The van der Waals surface area contributed by atoms with Crippen LogP contribution in [0.3, 0.4) is 0 Å². The highest BCUT2D eigenvalue weighted by Gasteiger charge is 2.28. The first kappa shape index (κ1) is 15.8. The van der Waals surface area contributed by atoms with Gasteiger partial charge in [-0.1, -0.05) is 18.2 Å². The van der Waals surface area contributed by atoms with Crippen molar-refractivity contribution in [3.63, 3.8) is 0 Å². The smallest absolute Gasteiger partial charge is 0.251 e. The Morgan fingerprint density at radius 2 is 2.12 bits per heavy atom. The normalized spacial score (nSPS) is 17.7. The SMILES string of the molecule is COc1ccccc1-c1nnc(C2CCN(Cc3cccnc3)C2)o1. The van der Waals surface area contributed by atoms with Gasteiger partial charge >= 0.3 is 0 Å². The molecule has 6 heteroatoms. The van der Waals surface area contributed by atoms with Crippen LogP contribution in [0, 0.1) is 0 Å². The molecule has 0 bridgehead atoms. The van der Waals surface area contributed by atoms with Crippen LogP contribution < -0.4 is 4.74 Å². The molecule has 3 aromatic rings. The highest BCUT2D eigenvalue weighted by molar-refractivity contribution is 5.62. The van der Waals surface area contributed by atoms with Gasteiger partial charge < -0.3 is 9.15 Å². The lowest BCUT2D eigenvalue weighted by Crippen LogP contribution is -2.19. The number of nitrogens with zero attached hydrogens (tertiary/aromatic N) is 4. The summed E-state index contributed by atoms with van der Waals surface area (Å²) in [6.07, 6.45) is 4.74. The monoisotopic (exact) mass is 336 g/mol. The van der Waals surface area contributed by atoms with E-state index in [1.165, 1.54) is 5.56 Å². The van der Waals surface area contributed by atoms with Crippen LogP contribution in [0.25, 0.3) is 11.5 Å². The number of rotatable bonds is 5. The molecule has 4 rings (SSSR count). The van der Waals surface area contributed by atoms with Crippen molar-refractivity contribution < 1.29 is 9.15 Å². The van der Waals surface area contributed by atoms with Gasteiger partial charge in [0.1, 0.15) is 5.75 Å². The molecular weight excluding hydrogens is 316 g/mol. The average Bonchev–Trinajstić information content (AvgIpc) is 3.32. The topological polar surface area (TPSA) is 64.3 Å². The molecule has 1 fully saturated rings. The molecule has 1 aliphatic rings. The minimum Gasteiger partial charge on any atom is -0.496 e. The summed E-state index contributed by atoms with van der Waals surface area (Å²) in [5, 5.41) is 8.50. The quantitative estimate of drug-likeness (QED) is 0.713. The Kier molecular flexibility index (Phi) is 4.43. The van der Waals surface area contributed by atoms with Gasteiger partial charge in [0.2, 0.25) is 5.89 Å². The van der Waals surface area contributed by atoms with E-state index in [-0.39, 0.29) is 5.92 Å². The molecule has 0 N–H and O–H groups in total. The molecule has 1 aromatic carbocycles. The summed E-state index contributed by atoms with van der Waals surface area (Å²) in [6.45, 7) is 2.84. The summed E-state index contributed by atoms with van der Waals surface area (Å²) < 4.78 is 11.3. The number of aromatic nitrogens is 3. The molecule has 1 atom stereocenters.